The van der Waals surface area contributed by atoms with Gasteiger partial charge in [0.2, 0.25) is 0 Å². The summed E-state index contributed by atoms with van der Waals surface area (Å²) in [5.74, 6) is 0.643. The summed E-state index contributed by atoms with van der Waals surface area (Å²) in [7, 11) is 0. The molecule has 2 nitrogen and oxygen atoms in total. The lowest BCUT2D eigenvalue weighted by Gasteiger charge is -2.29. The Morgan fingerprint density at radius 2 is 1.88 bits per heavy atom. The van der Waals surface area contributed by atoms with Gasteiger partial charge in [-0.05, 0) is 18.8 Å². The van der Waals surface area contributed by atoms with Gasteiger partial charge in [0.15, 0.2) is 0 Å². The predicted octanol–water partition coefficient (Wildman–Crippen LogP) is 4.18. The van der Waals surface area contributed by atoms with Crippen LogP contribution in [-0.2, 0) is 9.53 Å². The number of rotatable bonds is 8. The van der Waals surface area contributed by atoms with Crippen LogP contribution >= 0.6 is 0 Å². The Kier molecular flexibility index (Phi) is 7.44. The van der Waals surface area contributed by atoms with Gasteiger partial charge in [-0.2, -0.15) is 0 Å². The fourth-order valence-electron chi connectivity index (χ4n) is 1.87. The number of carbonyl (C=O) groups is 1. The second-order valence-electron chi connectivity index (χ2n) is 5.51. The van der Waals surface area contributed by atoms with Crippen LogP contribution in [0.3, 0.4) is 0 Å². The molecule has 0 heterocycles. The fraction of sp³-hybridized carbons (Fsp3) is 0.929. The van der Waals surface area contributed by atoms with Crippen molar-refractivity contribution < 1.29 is 9.53 Å². The molecular weight excluding hydrogens is 200 g/mol. The van der Waals surface area contributed by atoms with E-state index in [0.717, 1.165) is 25.2 Å². The minimum Gasteiger partial charge on any atom is -0.465 e. The molecule has 0 aromatic carbocycles. The second-order valence-corrected chi connectivity index (χ2v) is 5.51. The Bertz CT molecular complexity index is 199. The summed E-state index contributed by atoms with van der Waals surface area (Å²) >= 11 is 0. The smallest absolute Gasteiger partial charge is 0.305 e. The molecule has 0 rings (SSSR count). The van der Waals surface area contributed by atoms with Gasteiger partial charge >= 0.3 is 5.97 Å². The standard InChI is InChI=1S/C14H28O2/c1-6-9-14(5,10-8-12(3)4)11-16-13(15)7-2/h12H,6-11H2,1-5H3. The molecule has 16 heavy (non-hydrogen) atoms. The van der Waals surface area contributed by atoms with Gasteiger partial charge in [-0.15, -0.1) is 0 Å². The first-order valence-corrected chi connectivity index (χ1v) is 6.59. The Morgan fingerprint density at radius 3 is 2.31 bits per heavy atom. The Labute approximate surface area is 101 Å². The molecule has 0 saturated heterocycles. The van der Waals surface area contributed by atoms with Crippen molar-refractivity contribution in [3.63, 3.8) is 0 Å². The number of carbonyl (C=O) groups excluding carboxylic acids is 1. The molecule has 0 fully saturated rings. The molecule has 0 aliphatic carbocycles. The zero-order valence-corrected chi connectivity index (χ0v) is 11.6. The molecule has 0 aromatic heterocycles. The maximum absolute atomic E-state index is 11.2. The van der Waals surface area contributed by atoms with E-state index < -0.39 is 0 Å². The van der Waals surface area contributed by atoms with E-state index in [9.17, 15) is 4.79 Å². The van der Waals surface area contributed by atoms with Crippen molar-refractivity contribution in [2.24, 2.45) is 11.3 Å². The molecular formula is C14H28O2. The topological polar surface area (TPSA) is 26.3 Å². The number of ether oxygens (including phenoxy) is 1. The molecule has 1 atom stereocenters. The zero-order valence-electron chi connectivity index (χ0n) is 11.6. The summed E-state index contributed by atoms with van der Waals surface area (Å²) < 4.78 is 5.30. The van der Waals surface area contributed by atoms with E-state index in [1.54, 1.807) is 0 Å². The van der Waals surface area contributed by atoms with Gasteiger partial charge in [-0.3, -0.25) is 4.79 Å². The van der Waals surface area contributed by atoms with E-state index in [0.29, 0.717) is 13.0 Å². The van der Waals surface area contributed by atoms with Gasteiger partial charge < -0.3 is 4.74 Å². The SMILES string of the molecule is CCCC(C)(CCC(C)C)COC(=O)CC. The highest BCUT2D eigenvalue weighted by Crippen LogP contribution is 2.31. The summed E-state index contributed by atoms with van der Waals surface area (Å²) in [5, 5.41) is 0. The lowest BCUT2D eigenvalue weighted by Crippen LogP contribution is -2.25. The average molecular weight is 228 g/mol. The van der Waals surface area contributed by atoms with Crippen molar-refractivity contribution in [2.45, 2.75) is 66.7 Å². The third-order valence-electron chi connectivity index (χ3n) is 3.05. The quantitative estimate of drug-likeness (QED) is 0.582. The van der Waals surface area contributed by atoms with Gasteiger partial charge in [0.1, 0.15) is 0 Å². The van der Waals surface area contributed by atoms with Gasteiger partial charge in [0.05, 0.1) is 6.61 Å². The lowest BCUT2D eigenvalue weighted by molar-refractivity contribution is -0.147. The number of hydrogen-bond acceptors (Lipinski definition) is 2. The molecule has 0 N–H and O–H groups in total. The van der Waals surface area contributed by atoms with E-state index in [1.807, 2.05) is 6.92 Å². The van der Waals surface area contributed by atoms with Gasteiger partial charge in [-0.1, -0.05) is 47.5 Å². The van der Waals surface area contributed by atoms with Crippen LogP contribution in [0, 0.1) is 11.3 Å². The van der Waals surface area contributed by atoms with Gasteiger partial charge in [0, 0.05) is 11.8 Å². The van der Waals surface area contributed by atoms with Crippen LogP contribution in [0.2, 0.25) is 0 Å². The van der Waals surface area contributed by atoms with Crippen LogP contribution in [-0.4, -0.2) is 12.6 Å². The monoisotopic (exact) mass is 228 g/mol. The minimum absolute atomic E-state index is 0.0770. The first-order chi connectivity index (χ1) is 7.43. The Hall–Kier alpha value is -0.530. The highest BCUT2D eigenvalue weighted by atomic mass is 16.5. The summed E-state index contributed by atoms with van der Waals surface area (Å²) in [5.41, 5.74) is 0.170. The van der Waals surface area contributed by atoms with Crippen LogP contribution in [0.4, 0.5) is 0 Å². The van der Waals surface area contributed by atoms with Crippen molar-refractivity contribution in [2.75, 3.05) is 6.61 Å². The van der Waals surface area contributed by atoms with E-state index in [2.05, 4.69) is 27.7 Å². The molecule has 0 bridgehead atoms. The number of hydrogen-bond donors (Lipinski definition) is 0. The van der Waals surface area contributed by atoms with Crippen LogP contribution in [0.25, 0.3) is 0 Å². The van der Waals surface area contributed by atoms with Crippen LogP contribution in [0.5, 0.6) is 0 Å². The zero-order chi connectivity index (χ0) is 12.6. The van der Waals surface area contributed by atoms with Crippen molar-refractivity contribution >= 4 is 5.97 Å². The molecule has 0 spiro atoms. The van der Waals surface area contributed by atoms with Gasteiger partial charge in [-0.25, -0.2) is 0 Å². The third-order valence-corrected chi connectivity index (χ3v) is 3.05. The first-order valence-electron chi connectivity index (χ1n) is 6.59. The normalized spacial score (nSPS) is 14.9. The van der Waals surface area contributed by atoms with E-state index >= 15 is 0 Å². The lowest BCUT2D eigenvalue weighted by atomic mass is 9.80. The predicted molar refractivity (Wildman–Crippen MR) is 68.3 cm³/mol. The van der Waals surface area contributed by atoms with E-state index in [1.165, 1.54) is 6.42 Å². The molecule has 0 radical (unpaired) electrons. The molecule has 0 amide bonds. The van der Waals surface area contributed by atoms with Crippen LogP contribution in [0.1, 0.15) is 66.7 Å². The van der Waals surface area contributed by atoms with Crippen molar-refractivity contribution in [3.05, 3.63) is 0 Å². The molecule has 0 aromatic rings. The van der Waals surface area contributed by atoms with Crippen molar-refractivity contribution in [1.29, 1.82) is 0 Å². The molecule has 2 heteroatoms. The van der Waals surface area contributed by atoms with Crippen molar-refractivity contribution in [1.82, 2.24) is 0 Å². The molecule has 0 saturated carbocycles. The average Bonchev–Trinajstić information content (AvgIpc) is 2.24. The van der Waals surface area contributed by atoms with E-state index in [4.69, 9.17) is 4.74 Å². The summed E-state index contributed by atoms with van der Waals surface area (Å²) in [6, 6.07) is 0. The summed E-state index contributed by atoms with van der Waals surface area (Å²) in [6.07, 6.45) is 5.12. The molecule has 0 aliphatic rings. The first kappa shape index (κ1) is 15.5. The maximum atomic E-state index is 11.2. The highest BCUT2D eigenvalue weighted by Gasteiger charge is 2.25. The van der Waals surface area contributed by atoms with E-state index in [-0.39, 0.29) is 11.4 Å². The fourth-order valence-corrected chi connectivity index (χ4v) is 1.87. The molecule has 96 valence electrons. The Balaban J connectivity index is 4.15. The Morgan fingerprint density at radius 1 is 1.25 bits per heavy atom. The summed E-state index contributed by atoms with van der Waals surface area (Å²) in [6.45, 7) is 11.3. The largest absolute Gasteiger partial charge is 0.465 e. The highest BCUT2D eigenvalue weighted by molar-refractivity contribution is 5.68. The minimum atomic E-state index is -0.0770. The van der Waals surface area contributed by atoms with Crippen LogP contribution in [0.15, 0.2) is 0 Å². The molecule has 0 aliphatic heterocycles. The van der Waals surface area contributed by atoms with Gasteiger partial charge in [0.25, 0.3) is 0 Å². The van der Waals surface area contributed by atoms with Crippen LogP contribution < -0.4 is 0 Å². The third kappa shape index (κ3) is 6.86. The number of esters is 1. The second kappa shape index (κ2) is 7.70. The maximum Gasteiger partial charge on any atom is 0.305 e. The summed E-state index contributed by atoms with van der Waals surface area (Å²) in [4.78, 5) is 11.2. The van der Waals surface area contributed by atoms with Crippen molar-refractivity contribution in [3.8, 4) is 0 Å². The molecule has 1 unspecified atom stereocenters.